The molecule has 3 nitrogen and oxygen atoms in total. The molecule has 1 heterocycles. The Kier molecular flexibility index (Phi) is 3.43. The summed E-state index contributed by atoms with van der Waals surface area (Å²) in [6, 6.07) is 4.51. The third kappa shape index (κ3) is 2.61. The van der Waals surface area contributed by atoms with E-state index in [1.807, 2.05) is 25.4 Å². The lowest BCUT2D eigenvalue weighted by atomic mass is 9.95. The molecule has 0 saturated heterocycles. The molecular weight excluding hydrogens is 186 g/mol. The second-order valence-electron chi connectivity index (χ2n) is 4.07. The molecule has 0 aromatic carbocycles. The molecule has 15 heavy (non-hydrogen) atoms. The molecule has 2 rings (SSSR count). The Morgan fingerprint density at radius 2 is 2.13 bits per heavy atom. The highest BCUT2D eigenvalue weighted by molar-refractivity contribution is 5.59. The van der Waals surface area contributed by atoms with Crippen molar-refractivity contribution in [3.63, 3.8) is 0 Å². The van der Waals surface area contributed by atoms with E-state index in [0.717, 1.165) is 11.5 Å². The molecule has 1 saturated carbocycles. The van der Waals surface area contributed by atoms with E-state index in [-0.39, 0.29) is 0 Å². The van der Waals surface area contributed by atoms with Crippen LogP contribution in [0.2, 0.25) is 0 Å². The Morgan fingerprint density at radius 1 is 1.33 bits per heavy atom. The molecule has 0 bridgehead atoms. The first-order valence-corrected chi connectivity index (χ1v) is 5.71. The summed E-state index contributed by atoms with van der Waals surface area (Å²) >= 11 is 0. The van der Waals surface area contributed by atoms with E-state index in [9.17, 15) is 0 Å². The highest BCUT2D eigenvalue weighted by atomic mass is 15.0. The van der Waals surface area contributed by atoms with E-state index in [1.54, 1.807) is 0 Å². The van der Waals surface area contributed by atoms with Gasteiger partial charge in [-0.25, -0.2) is 4.98 Å². The number of pyridine rings is 1. The fraction of sp³-hybridized carbons (Fsp3) is 0.583. The van der Waals surface area contributed by atoms with Crippen LogP contribution in [0.3, 0.4) is 0 Å². The lowest BCUT2D eigenvalue weighted by molar-refractivity contribution is 0.462. The molecule has 1 radical (unpaired) electrons. The van der Waals surface area contributed by atoms with E-state index in [1.165, 1.54) is 32.1 Å². The van der Waals surface area contributed by atoms with Crippen molar-refractivity contribution < 1.29 is 0 Å². The molecular formula is C12H18N3. The first-order chi connectivity index (χ1) is 7.40. The van der Waals surface area contributed by atoms with Crippen molar-refractivity contribution in [2.45, 2.75) is 38.1 Å². The van der Waals surface area contributed by atoms with Crippen LogP contribution in [0.1, 0.15) is 32.1 Å². The van der Waals surface area contributed by atoms with E-state index >= 15 is 0 Å². The molecule has 0 spiro atoms. The quantitative estimate of drug-likeness (QED) is 0.822. The average molecular weight is 204 g/mol. The molecule has 1 aromatic rings. The molecule has 0 atom stereocenters. The van der Waals surface area contributed by atoms with Gasteiger partial charge in [-0.15, -0.1) is 0 Å². The van der Waals surface area contributed by atoms with Crippen molar-refractivity contribution in [3.05, 3.63) is 18.3 Å². The number of aromatic nitrogens is 1. The van der Waals surface area contributed by atoms with Crippen LogP contribution < -0.4 is 10.6 Å². The summed E-state index contributed by atoms with van der Waals surface area (Å²) in [4.78, 5) is 4.34. The molecule has 3 heteroatoms. The van der Waals surface area contributed by atoms with Crippen LogP contribution in [0.4, 0.5) is 11.5 Å². The number of nitrogens with zero attached hydrogens (tertiary/aromatic N) is 2. The molecule has 1 aliphatic rings. The van der Waals surface area contributed by atoms with Gasteiger partial charge < -0.3 is 5.32 Å². The molecule has 1 fully saturated rings. The van der Waals surface area contributed by atoms with Crippen molar-refractivity contribution >= 4 is 11.5 Å². The van der Waals surface area contributed by atoms with Crippen LogP contribution >= 0.6 is 0 Å². The van der Waals surface area contributed by atoms with Gasteiger partial charge >= 0.3 is 0 Å². The van der Waals surface area contributed by atoms with Gasteiger partial charge in [0.25, 0.3) is 0 Å². The van der Waals surface area contributed by atoms with Gasteiger partial charge in [0, 0.05) is 19.3 Å². The van der Waals surface area contributed by atoms with Gasteiger partial charge in [-0.1, -0.05) is 19.3 Å². The maximum atomic E-state index is 4.34. The zero-order chi connectivity index (χ0) is 10.5. The third-order valence-electron chi connectivity index (χ3n) is 2.97. The zero-order valence-electron chi connectivity index (χ0n) is 9.24. The Labute approximate surface area is 91.3 Å². The number of anilines is 1. The normalized spacial score (nSPS) is 17.4. The Bertz CT molecular complexity index is 305. The summed E-state index contributed by atoms with van der Waals surface area (Å²) in [5.41, 5.74) is 0.961. The highest BCUT2D eigenvalue weighted by Crippen LogP contribution is 2.24. The van der Waals surface area contributed by atoms with Crippen molar-refractivity contribution in [1.29, 1.82) is 0 Å². The van der Waals surface area contributed by atoms with Crippen LogP contribution in [-0.4, -0.2) is 18.1 Å². The fourth-order valence-electron chi connectivity index (χ4n) is 2.13. The summed E-state index contributed by atoms with van der Waals surface area (Å²) in [5.74, 6) is 0.937. The van der Waals surface area contributed by atoms with Gasteiger partial charge in [0.15, 0.2) is 5.82 Å². The largest absolute Gasteiger partial charge is 0.366 e. The van der Waals surface area contributed by atoms with Crippen LogP contribution in [0.15, 0.2) is 18.3 Å². The van der Waals surface area contributed by atoms with Crippen LogP contribution in [0.5, 0.6) is 0 Å². The minimum absolute atomic E-state index is 0.592. The first kappa shape index (κ1) is 10.3. The minimum atomic E-state index is 0.592. The van der Waals surface area contributed by atoms with Gasteiger partial charge in [-0.05, 0) is 25.0 Å². The Morgan fingerprint density at radius 3 is 2.87 bits per heavy atom. The zero-order valence-corrected chi connectivity index (χ0v) is 9.24. The molecule has 0 amide bonds. The van der Waals surface area contributed by atoms with Crippen molar-refractivity contribution in [3.8, 4) is 0 Å². The molecule has 1 N–H and O–H groups in total. The van der Waals surface area contributed by atoms with Gasteiger partial charge in [0.05, 0.1) is 5.69 Å². The lowest BCUT2D eigenvalue weighted by Gasteiger charge is -2.23. The maximum absolute atomic E-state index is 4.34. The van der Waals surface area contributed by atoms with E-state index in [2.05, 4.69) is 15.6 Å². The smallest absolute Gasteiger partial charge is 0.151 e. The van der Waals surface area contributed by atoms with Crippen LogP contribution in [0.25, 0.3) is 0 Å². The van der Waals surface area contributed by atoms with Crippen LogP contribution in [-0.2, 0) is 0 Å². The topological polar surface area (TPSA) is 39.0 Å². The Hall–Kier alpha value is -1.25. The first-order valence-electron chi connectivity index (χ1n) is 5.71. The van der Waals surface area contributed by atoms with Crippen molar-refractivity contribution in [2.24, 2.45) is 0 Å². The summed E-state index contributed by atoms with van der Waals surface area (Å²) in [5, 5.41) is 7.71. The fourth-order valence-corrected chi connectivity index (χ4v) is 2.13. The second-order valence-corrected chi connectivity index (χ2v) is 4.07. The third-order valence-corrected chi connectivity index (χ3v) is 2.97. The number of hydrogen-bond donors (Lipinski definition) is 1. The average Bonchev–Trinajstić information content (AvgIpc) is 2.31. The summed E-state index contributed by atoms with van der Waals surface area (Å²) < 4.78 is 0. The molecule has 0 unspecified atom stereocenters. The molecule has 1 aromatic heterocycles. The SMILES string of the molecule is C[N]c1cccnc1NC1CCCCC1. The number of hydrogen-bond acceptors (Lipinski definition) is 2. The van der Waals surface area contributed by atoms with Crippen LogP contribution in [0, 0.1) is 0 Å². The van der Waals surface area contributed by atoms with E-state index < -0.39 is 0 Å². The van der Waals surface area contributed by atoms with Crippen molar-refractivity contribution in [1.82, 2.24) is 10.3 Å². The number of rotatable bonds is 3. The van der Waals surface area contributed by atoms with Gasteiger partial charge in [-0.3, -0.25) is 5.32 Å². The molecule has 0 aliphatic heterocycles. The monoisotopic (exact) mass is 204 g/mol. The Balaban J connectivity index is 2.02. The summed E-state index contributed by atoms with van der Waals surface area (Å²) in [7, 11) is 1.81. The summed E-state index contributed by atoms with van der Waals surface area (Å²) in [6.07, 6.45) is 8.40. The minimum Gasteiger partial charge on any atom is -0.366 e. The van der Waals surface area contributed by atoms with Crippen molar-refractivity contribution in [2.75, 3.05) is 12.4 Å². The number of nitrogens with one attached hydrogen (secondary N) is 1. The second kappa shape index (κ2) is 5.01. The molecule has 1 aliphatic carbocycles. The van der Waals surface area contributed by atoms with Gasteiger partial charge in [0.2, 0.25) is 0 Å². The van der Waals surface area contributed by atoms with E-state index in [0.29, 0.717) is 6.04 Å². The lowest BCUT2D eigenvalue weighted by Crippen LogP contribution is -2.23. The molecule has 81 valence electrons. The van der Waals surface area contributed by atoms with E-state index in [4.69, 9.17) is 0 Å². The summed E-state index contributed by atoms with van der Waals surface area (Å²) in [6.45, 7) is 0. The van der Waals surface area contributed by atoms with Gasteiger partial charge in [-0.2, -0.15) is 0 Å². The predicted molar refractivity (Wildman–Crippen MR) is 62.5 cm³/mol. The van der Waals surface area contributed by atoms with Gasteiger partial charge in [0.1, 0.15) is 0 Å². The maximum Gasteiger partial charge on any atom is 0.151 e. The predicted octanol–water partition coefficient (Wildman–Crippen LogP) is 2.69. The highest BCUT2D eigenvalue weighted by Gasteiger charge is 2.14. The standard InChI is InChI=1S/C12H18N3/c1-13-11-8-5-9-14-12(11)15-10-6-3-2-4-7-10/h5,8-10H,2-4,6-7H2,1H3,(H,14,15).